The lowest BCUT2D eigenvalue weighted by Crippen LogP contribution is -2.32. The number of para-hydroxylation sites is 2. The number of hydrogen-bond donors (Lipinski definition) is 2. The number of nitrogens with zero attached hydrogens (tertiary/aromatic N) is 2. The molecule has 164 valence electrons. The number of carbonyl (C=O) groups excluding carboxylic acids is 1. The molecule has 4 rings (SSSR count). The van der Waals surface area contributed by atoms with Gasteiger partial charge in [-0.05, 0) is 54.2 Å². The van der Waals surface area contributed by atoms with Crippen molar-refractivity contribution in [2.75, 3.05) is 5.32 Å². The summed E-state index contributed by atoms with van der Waals surface area (Å²) in [5, 5.41) is 16.8. The highest BCUT2D eigenvalue weighted by atomic mass is 35.5. The SMILES string of the molecule is O=C(C=Cc1cccc([N+](=O)[O-])c1)NC(=S)Nc1ccc(Cl)c(-c2nc3ccccc3o2)c1. The maximum absolute atomic E-state index is 12.2. The Kier molecular flexibility index (Phi) is 6.43. The van der Waals surface area contributed by atoms with Crippen LogP contribution in [0, 0.1) is 10.1 Å². The number of rotatable bonds is 5. The van der Waals surface area contributed by atoms with Crippen molar-refractivity contribution in [1.82, 2.24) is 10.3 Å². The van der Waals surface area contributed by atoms with E-state index in [-0.39, 0.29) is 10.8 Å². The zero-order valence-electron chi connectivity index (χ0n) is 16.8. The molecule has 0 aliphatic carbocycles. The Morgan fingerprint density at radius 1 is 1.12 bits per heavy atom. The molecule has 0 aliphatic heterocycles. The van der Waals surface area contributed by atoms with Crippen molar-refractivity contribution in [3.8, 4) is 11.5 Å². The molecule has 1 heterocycles. The third-order valence-corrected chi connectivity index (χ3v) is 5.03. The van der Waals surface area contributed by atoms with Gasteiger partial charge in [0.1, 0.15) is 5.52 Å². The first-order valence-electron chi connectivity index (χ1n) is 9.59. The molecule has 8 nitrogen and oxygen atoms in total. The van der Waals surface area contributed by atoms with Crippen LogP contribution >= 0.6 is 23.8 Å². The Labute approximate surface area is 198 Å². The summed E-state index contributed by atoms with van der Waals surface area (Å²) < 4.78 is 5.78. The summed E-state index contributed by atoms with van der Waals surface area (Å²) in [7, 11) is 0. The Morgan fingerprint density at radius 2 is 1.94 bits per heavy atom. The van der Waals surface area contributed by atoms with Crippen LogP contribution < -0.4 is 10.6 Å². The Balaban J connectivity index is 1.43. The molecule has 3 aromatic carbocycles. The molecule has 1 amide bonds. The van der Waals surface area contributed by atoms with Gasteiger partial charge in [-0.25, -0.2) is 4.98 Å². The van der Waals surface area contributed by atoms with Crippen molar-refractivity contribution in [2.24, 2.45) is 0 Å². The number of nitro groups is 1. The molecule has 0 saturated carbocycles. The standard InChI is InChI=1S/C23H15ClN4O4S/c24-18-10-9-15(13-17(18)22-26-19-6-1-2-7-20(19)32-22)25-23(33)27-21(29)11-8-14-4-3-5-16(12-14)28(30)31/h1-13H,(H2,25,27,29,33). The van der Waals surface area contributed by atoms with E-state index < -0.39 is 10.8 Å². The molecular weight excluding hydrogens is 464 g/mol. The molecule has 0 bridgehead atoms. The van der Waals surface area contributed by atoms with Crippen molar-refractivity contribution >= 4 is 63.4 Å². The lowest BCUT2D eigenvalue weighted by Gasteiger charge is -2.10. The summed E-state index contributed by atoms with van der Waals surface area (Å²) >= 11 is 11.5. The summed E-state index contributed by atoms with van der Waals surface area (Å²) in [6.07, 6.45) is 2.69. The van der Waals surface area contributed by atoms with E-state index in [1.807, 2.05) is 24.3 Å². The molecule has 0 fully saturated rings. The molecule has 10 heteroatoms. The summed E-state index contributed by atoms with van der Waals surface area (Å²) in [5.41, 5.74) is 2.94. The van der Waals surface area contributed by atoms with E-state index in [4.69, 9.17) is 28.2 Å². The van der Waals surface area contributed by atoms with Gasteiger partial charge in [0.2, 0.25) is 11.8 Å². The molecule has 0 atom stereocenters. The molecule has 0 unspecified atom stereocenters. The molecule has 2 N–H and O–H groups in total. The van der Waals surface area contributed by atoms with E-state index in [2.05, 4.69) is 15.6 Å². The van der Waals surface area contributed by atoms with Gasteiger partial charge in [-0.1, -0.05) is 35.9 Å². The van der Waals surface area contributed by atoms with Crippen LogP contribution in [0.2, 0.25) is 5.02 Å². The van der Waals surface area contributed by atoms with Gasteiger partial charge in [-0.2, -0.15) is 0 Å². The molecule has 1 aromatic heterocycles. The van der Waals surface area contributed by atoms with Crippen LogP contribution in [-0.4, -0.2) is 20.9 Å². The Bertz CT molecular complexity index is 1380. The number of nitro benzene ring substituents is 1. The third kappa shape index (κ3) is 5.40. The maximum Gasteiger partial charge on any atom is 0.270 e. The predicted octanol–water partition coefficient (Wildman–Crippen LogP) is 5.58. The van der Waals surface area contributed by atoms with Gasteiger partial charge in [0.25, 0.3) is 5.69 Å². The van der Waals surface area contributed by atoms with Crippen molar-refractivity contribution in [1.29, 1.82) is 0 Å². The van der Waals surface area contributed by atoms with Gasteiger partial charge in [-0.3, -0.25) is 20.2 Å². The Hall–Kier alpha value is -4.08. The number of carbonyl (C=O) groups is 1. The first kappa shape index (κ1) is 22.1. The van der Waals surface area contributed by atoms with Crippen LogP contribution in [0.25, 0.3) is 28.6 Å². The first-order chi connectivity index (χ1) is 15.9. The van der Waals surface area contributed by atoms with Crippen LogP contribution in [0.5, 0.6) is 0 Å². The minimum Gasteiger partial charge on any atom is -0.436 e. The summed E-state index contributed by atoms with van der Waals surface area (Å²) in [6, 6.07) is 18.4. The van der Waals surface area contributed by atoms with Crippen LogP contribution in [0.4, 0.5) is 11.4 Å². The third-order valence-electron chi connectivity index (χ3n) is 4.49. The van der Waals surface area contributed by atoms with Crippen molar-refractivity contribution < 1.29 is 14.1 Å². The lowest BCUT2D eigenvalue weighted by atomic mass is 10.2. The van der Waals surface area contributed by atoms with Crippen LogP contribution in [-0.2, 0) is 4.79 Å². The normalized spacial score (nSPS) is 10.9. The number of nitrogens with one attached hydrogen (secondary N) is 2. The fraction of sp³-hybridized carbons (Fsp3) is 0. The minimum absolute atomic E-state index is 0.0627. The summed E-state index contributed by atoms with van der Waals surface area (Å²) in [5.74, 6) is -0.133. The van der Waals surface area contributed by atoms with E-state index in [0.717, 1.165) is 0 Å². The highest BCUT2D eigenvalue weighted by molar-refractivity contribution is 7.80. The Morgan fingerprint density at radius 3 is 2.73 bits per heavy atom. The van der Waals surface area contributed by atoms with E-state index in [1.165, 1.54) is 30.4 Å². The van der Waals surface area contributed by atoms with Crippen LogP contribution in [0.1, 0.15) is 5.56 Å². The number of aromatic nitrogens is 1. The number of amides is 1. The van der Waals surface area contributed by atoms with Gasteiger partial charge in [0, 0.05) is 23.9 Å². The van der Waals surface area contributed by atoms with Crippen LogP contribution in [0.3, 0.4) is 0 Å². The number of halogens is 1. The number of fused-ring (bicyclic) bond motifs is 1. The maximum atomic E-state index is 12.2. The highest BCUT2D eigenvalue weighted by Gasteiger charge is 2.13. The number of anilines is 1. The van der Waals surface area contributed by atoms with E-state index in [1.54, 1.807) is 24.3 Å². The van der Waals surface area contributed by atoms with Crippen LogP contribution in [0.15, 0.2) is 77.2 Å². The zero-order chi connectivity index (χ0) is 23.4. The molecule has 4 aromatic rings. The summed E-state index contributed by atoms with van der Waals surface area (Å²) in [4.78, 5) is 27.0. The molecule has 33 heavy (non-hydrogen) atoms. The van der Waals surface area contributed by atoms with Gasteiger partial charge in [0.05, 0.1) is 15.5 Å². The number of thiocarbonyl (C=S) groups is 1. The van der Waals surface area contributed by atoms with Gasteiger partial charge in [0.15, 0.2) is 10.7 Å². The smallest absolute Gasteiger partial charge is 0.270 e. The molecule has 0 saturated heterocycles. The van der Waals surface area contributed by atoms with Crippen molar-refractivity contribution in [3.05, 3.63) is 93.5 Å². The van der Waals surface area contributed by atoms with Gasteiger partial charge >= 0.3 is 0 Å². The number of hydrogen-bond acceptors (Lipinski definition) is 6. The second-order valence-electron chi connectivity index (χ2n) is 6.81. The summed E-state index contributed by atoms with van der Waals surface area (Å²) in [6.45, 7) is 0. The second-order valence-corrected chi connectivity index (χ2v) is 7.63. The predicted molar refractivity (Wildman–Crippen MR) is 131 cm³/mol. The number of non-ortho nitro benzene ring substituents is 1. The topological polar surface area (TPSA) is 110 Å². The molecule has 0 aliphatic rings. The van der Waals surface area contributed by atoms with Gasteiger partial charge < -0.3 is 9.73 Å². The van der Waals surface area contributed by atoms with E-state index >= 15 is 0 Å². The molecule has 0 radical (unpaired) electrons. The second kappa shape index (κ2) is 9.60. The monoisotopic (exact) mass is 478 g/mol. The average molecular weight is 479 g/mol. The van der Waals surface area contributed by atoms with Crippen molar-refractivity contribution in [2.45, 2.75) is 0 Å². The highest BCUT2D eigenvalue weighted by Crippen LogP contribution is 2.32. The van der Waals surface area contributed by atoms with E-state index in [9.17, 15) is 14.9 Å². The number of benzene rings is 3. The molecule has 0 spiro atoms. The average Bonchev–Trinajstić information content (AvgIpc) is 3.23. The lowest BCUT2D eigenvalue weighted by molar-refractivity contribution is -0.384. The largest absolute Gasteiger partial charge is 0.436 e. The zero-order valence-corrected chi connectivity index (χ0v) is 18.4. The minimum atomic E-state index is -0.502. The molecular formula is C23H15ClN4O4S. The first-order valence-corrected chi connectivity index (χ1v) is 10.4. The number of oxazole rings is 1. The fourth-order valence-corrected chi connectivity index (χ4v) is 3.40. The van der Waals surface area contributed by atoms with E-state index in [0.29, 0.717) is 38.8 Å². The van der Waals surface area contributed by atoms with Crippen molar-refractivity contribution in [3.63, 3.8) is 0 Å². The van der Waals surface area contributed by atoms with Gasteiger partial charge in [-0.15, -0.1) is 0 Å². The quantitative estimate of drug-likeness (QED) is 0.167. The fourth-order valence-electron chi connectivity index (χ4n) is 2.98.